The number of carbonyl (C=O) groups is 1. The van der Waals surface area contributed by atoms with E-state index in [2.05, 4.69) is 43.4 Å². The Bertz CT molecular complexity index is 403. The minimum absolute atomic E-state index is 0.148. The number of hydrogen-bond acceptors (Lipinski definition) is 3. The Morgan fingerprint density at radius 1 is 1.33 bits per heavy atom. The Hall–Kier alpha value is -0.610. The minimum Gasteiger partial charge on any atom is -0.355 e. The molecule has 4 heteroatoms. The smallest absolute Gasteiger partial charge is 0.233 e. The van der Waals surface area contributed by atoms with Gasteiger partial charge >= 0.3 is 0 Å². The molecule has 98 valence electrons. The van der Waals surface area contributed by atoms with Gasteiger partial charge in [-0.15, -0.1) is 23.5 Å². The lowest BCUT2D eigenvalue weighted by Gasteiger charge is -2.08. The number of benzene rings is 1. The molecule has 0 aromatic heterocycles. The van der Waals surface area contributed by atoms with E-state index in [-0.39, 0.29) is 11.2 Å². The van der Waals surface area contributed by atoms with Crippen molar-refractivity contribution in [2.45, 2.75) is 41.4 Å². The van der Waals surface area contributed by atoms with Crippen molar-refractivity contribution in [3.8, 4) is 0 Å². The Morgan fingerprint density at radius 3 is 2.61 bits per heavy atom. The molecule has 1 amide bonds. The first-order valence-corrected chi connectivity index (χ1v) is 8.23. The van der Waals surface area contributed by atoms with Crippen molar-refractivity contribution in [1.29, 1.82) is 0 Å². The lowest BCUT2D eigenvalue weighted by molar-refractivity contribution is -0.118. The van der Waals surface area contributed by atoms with Gasteiger partial charge in [-0.3, -0.25) is 4.79 Å². The zero-order valence-electron chi connectivity index (χ0n) is 10.8. The number of amides is 1. The molecule has 1 heterocycles. The van der Waals surface area contributed by atoms with Crippen molar-refractivity contribution >= 4 is 29.4 Å². The molecule has 1 saturated heterocycles. The second-order valence-electron chi connectivity index (χ2n) is 4.69. The van der Waals surface area contributed by atoms with Gasteiger partial charge < -0.3 is 5.32 Å². The monoisotopic (exact) mass is 281 g/mol. The first-order valence-electron chi connectivity index (χ1n) is 6.30. The van der Waals surface area contributed by atoms with Gasteiger partial charge in [0.2, 0.25) is 5.91 Å². The van der Waals surface area contributed by atoms with Gasteiger partial charge in [-0.2, -0.15) is 0 Å². The van der Waals surface area contributed by atoms with E-state index in [4.69, 9.17) is 0 Å². The third kappa shape index (κ3) is 3.95. The van der Waals surface area contributed by atoms with Crippen LogP contribution < -0.4 is 5.32 Å². The van der Waals surface area contributed by atoms with Gasteiger partial charge in [0.05, 0.1) is 5.25 Å². The molecular formula is C14H19NOS2. The maximum Gasteiger partial charge on any atom is 0.233 e. The van der Waals surface area contributed by atoms with E-state index >= 15 is 0 Å². The number of carbonyl (C=O) groups excluding carboxylic acids is 1. The Labute approximate surface area is 117 Å². The van der Waals surface area contributed by atoms with Gasteiger partial charge in [0.25, 0.3) is 0 Å². The SMILES string of the molecule is CC(C)Sc1ccc(CS[C@H]2CCNC2=O)cc1. The van der Waals surface area contributed by atoms with Gasteiger partial charge in [0.1, 0.15) is 0 Å². The van der Waals surface area contributed by atoms with Crippen LogP contribution in [0.5, 0.6) is 0 Å². The first-order chi connectivity index (χ1) is 8.65. The highest BCUT2D eigenvalue weighted by atomic mass is 32.2. The summed E-state index contributed by atoms with van der Waals surface area (Å²) in [7, 11) is 0. The Morgan fingerprint density at radius 2 is 2.06 bits per heavy atom. The quantitative estimate of drug-likeness (QED) is 0.840. The molecule has 0 bridgehead atoms. The van der Waals surface area contributed by atoms with Crippen molar-refractivity contribution in [1.82, 2.24) is 5.32 Å². The highest BCUT2D eigenvalue weighted by molar-refractivity contribution is 8.00. The fourth-order valence-corrected chi connectivity index (χ4v) is 3.81. The molecule has 2 nitrogen and oxygen atoms in total. The van der Waals surface area contributed by atoms with Gasteiger partial charge in [-0.05, 0) is 24.1 Å². The van der Waals surface area contributed by atoms with Crippen LogP contribution in [0.4, 0.5) is 0 Å². The standard InChI is InChI=1S/C14H19NOS2/c1-10(2)18-12-5-3-11(4-6-12)9-17-13-7-8-15-14(13)16/h3-6,10,13H,7-9H2,1-2H3,(H,15,16)/t13-/m0/s1. The summed E-state index contributed by atoms with van der Waals surface area (Å²) in [5.74, 6) is 1.12. The van der Waals surface area contributed by atoms with E-state index in [9.17, 15) is 4.79 Å². The van der Waals surface area contributed by atoms with Crippen molar-refractivity contribution in [2.24, 2.45) is 0 Å². The molecule has 0 radical (unpaired) electrons. The lowest BCUT2D eigenvalue weighted by atomic mass is 10.2. The Kier molecular flexibility index (Phi) is 5.01. The zero-order valence-corrected chi connectivity index (χ0v) is 12.4. The van der Waals surface area contributed by atoms with Crippen LogP contribution in [0, 0.1) is 0 Å². The van der Waals surface area contributed by atoms with Crippen molar-refractivity contribution in [3.05, 3.63) is 29.8 Å². The van der Waals surface area contributed by atoms with Gasteiger partial charge in [0.15, 0.2) is 0 Å². The largest absolute Gasteiger partial charge is 0.355 e. The predicted octanol–water partition coefficient (Wildman–Crippen LogP) is 3.31. The van der Waals surface area contributed by atoms with Gasteiger partial charge in [-0.25, -0.2) is 0 Å². The normalized spacial score (nSPS) is 19.3. The molecule has 1 aromatic carbocycles. The average Bonchev–Trinajstić information content (AvgIpc) is 2.73. The molecule has 0 saturated carbocycles. The maximum absolute atomic E-state index is 11.4. The van der Waals surface area contributed by atoms with Crippen LogP contribution in [0.1, 0.15) is 25.8 Å². The molecule has 1 aliphatic rings. The Balaban J connectivity index is 1.84. The number of hydrogen-bond donors (Lipinski definition) is 1. The molecule has 1 aromatic rings. The number of rotatable bonds is 5. The van der Waals surface area contributed by atoms with Crippen LogP contribution >= 0.6 is 23.5 Å². The zero-order chi connectivity index (χ0) is 13.0. The van der Waals surface area contributed by atoms with E-state index in [0.717, 1.165) is 18.7 Å². The predicted molar refractivity (Wildman–Crippen MR) is 80.1 cm³/mol. The highest BCUT2D eigenvalue weighted by Crippen LogP contribution is 2.26. The van der Waals surface area contributed by atoms with E-state index in [1.807, 2.05) is 11.8 Å². The van der Waals surface area contributed by atoms with Crippen LogP contribution in [0.15, 0.2) is 29.2 Å². The van der Waals surface area contributed by atoms with Gasteiger partial charge in [-0.1, -0.05) is 26.0 Å². The fourth-order valence-electron chi connectivity index (χ4n) is 1.86. The summed E-state index contributed by atoms with van der Waals surface area (Å²) in [6.45, 7) is 5.24. The molecule has 1 N–H and O–H groups in total. The fraction of sp³-hybridized carbons (Fsp3) is 0.500. The molecular weight excluding hydrogens is 262 g/mol. The molecule has 0 spiro atoms. The van der Waals surface area contributed by atoms with Crippen LogP contribution in [-0.4, -0.2) is 23.0 Å². The average molecular weight is 281 g/mol. The van der Waals surface area contributed by atoms with Crippen LogP contribution in [0.2, 0.25) is 0 Å². The van der Waals surface area contributed by atoms with E-state index in [1.54, 1.807) is 11.8 Å². The summed E-state index contributed by atoms with van der Waals surface area (Å²) in [6, 6.07) is 8.69. The highest BCUT2D eigenvalue weighted by Gasteiger charge is 2.23. The second-order valence-corrected chi connectivity index (χ2v) is 7.53. The van der Waals surface area contributed by atoms with Crippen LogP contribution in [0.3, 0.4) is 0 Å². The molecule has 0 aliphatic carbocycles. The van der Waals surface area contributed by atoms with E-state index in [1.165, 1.54) is 10.5 Å². The van der Waals surface area contributed by atoms with Crippen LogP contribution in [-0.2, 0) is 10.5 Å². The number of thioether (sulfide) groups is 2. The maximum atomic E-state index is 11.4. The summed E-state index contributed by atoms with van der Waals surface area (Å²) in [4.78, 5) is 12.8. The topological polar surface area (TPSA) is 29.1 Å². The summed E-state index contributed by atoms with van der Waals surface area (Å²) < 4.78 is 0. The summed E-state index contributed by atoms with van der Waals surface area (Å²) in [6.07, 6.45) is 0.963. The first kappa shape index (κ1) is 13.8. The molecule has 1 atom stereocenters. The van der Waals surface area contributed by atoms with Crippen molar-refractivity contribution in [2.75, 3.05) is 6.54 Å². The van der Waals surface area contributed by atoms with Gasteiger partial charge in [0, 0.05) is 22.4 Å². The summed E-state index contributed by atoms with van der Waals surface area (Å²) in [5.41, 5.74) is 1.30. The summed E-state index contributed by atoms with van der Waals surface area (Å²) >= 11 is 3.63. The number of nitrogens with one attached hydrogen (secondary N) is 1. The van der Waals surface area contributed by atoms with Crippen LogP contribution in [0.25, 0.3) is 0 Å². The molecule has 1 aliphatic heterocycles. The summed E-state index contributed by atoms with van der Waals surface area (Å²) in [5, 5.41) is 3.64. The molecule has 0 unspecified atom stereocenters. The molecule has 18 heavy (non-hydrogen) atoms. The minimum atomic E-state index is 0.148. The lowest BCUT2D eigenvalue weighted by Crippen LogP contribution is -2.20. The van der Waals surface area contributed by atoms with E-state index in [0.29, 0.717) is 5.25 Å². The molecule has 1 fully saturated rings. The second kappa shape index (κ2) is 6.53. The van der Waals surface area contributed by atoms with Crippen molar-refractivity contribution in [3.63, 3.8) is 0 Å². The van der Waals surface area contributed by atoms with E-state index < -0.39 is 0 Å². The van der Waals surface area contributed by atoms with Crippen molar-refractivity contribution < 1.29 is 4.79 Å². The third-order valence-corrected chi connectivity index (χ3v) is 5.11. The third-order valence-electron chi connectivity index (χ3n) is 2.74. The molecule has 2 rings (SSSR count).